The van der Waals surface area contributed by atoms with E-state index in [1.165, 1.54) is 6.08 Å². The number of hydrogen-bond acceptors (Lipinski definition) is 6. The maximum absolute atomic E-state index is 11.6. The molecular formula is C11H25NO7P+. The van der Waals surface area contributed by atoms with E-state index in [0.29, 0.717) is 11.0 Å². The summed E-state index contributed by atoms with van der Waals surface area (Å²) in [6.45, 7) is 4.03. The zero-order chi connectivity index (χ0) is 15.6. The minimum atomic E-state index is -4.16. The average molecular weight is 314 g/mol. The molecule has 0 rings (SSSR count). The molecule has 0 aromatic heterocycles. The lowest BCUT2D eigenvalue weighted by molar-refractivity contribution is -0.870. The number of quaternary nitrogens is 1. The van der Waals surface area contributed by atoms with E-state index in [1.807, 2.05) is 21.1 Å². The number of nitrogens with zero attached hydrogens (tertiary/aromatic N) is 1. The normalized spacial score (nSPS) is 16.6. The first-order valence-corrected chi connectivity index (χ1v) is 7.61. The maximum Gasteiger partial charge on any atom is 0.472 e. The van der Waals surface area contributed by atoms with E-state index in [1.54, 1.807) is 0 Å². The molecule has 0 aromatic rings. The SMILES string of the molecule is C=CCOC[C@H](COP(=O)(O)OCC[N+](C)(C)C)OO. The van der Waals surface area contributed by atoms with E-state index < -0.39 is 13.9 Å². The Bertz CT molecular complexity index is 318. The average Bonchev–Trinajstić information content (AvgIpc) is 2.31. The molecule has 0 aliphatic rings. The highest BCUT2D eigenvalue weighted by atomic mass is 31.2. The summed E-state index contributed by atoms with van der Waals surface area (Å²) in [4.78, 5) is 13.5. The fraction of sp³-hybridized carbons (Fsp3) is 0.818. The van der Waals surface area contributed by atoms with Gasteiger partial charge in [0.25, 0.3) is 0 Å². The second-order valence-corrected chi connectivity index (χ2v) is 6.62. The second-order valence-electron chi connectivity index (χ2n) is 5.17. The summed E-state index contributed by atoms with van der Waals surface area (Å²) in [6.07, 6.45) is 0.650. The van der Waals surface area contributed by atoms with Crippen LogP contribution in [0.2, 0.25) is 0 Å². The molecule has 2 N–H and O–H groups in total. The first-order valence-electron chi connectivity index (χ1n) is 6.11. The van der Waals surface area contributed by atoms with E-state index in [-0.39, 0.29) is 26.4 Å². The summed E-state index contributed by atoms with van der Waals surface area (Å²) in [5, 5.41) is 8.60. The summed E-state index contributed by atoms with van der Waals surface area (Å²) in [5.41, 5.74) is 0. The van der Waals surface area contributed by atoms with Gasteiger partial charge in [0.1, 0.15) is 19.3 Å². The number of phosphoric ester groups is 1. The smallest absolute Gasteiger partial charge is 0.374 e. The zero-order valence-electron chi connectivity index (χ0n) is 12.2. The van der Waals surface area contributed by atoms with Crippen LogP contribution in [0.15, 0.2) is 12.7 Å². The molecule has 0 spiro atoms. The quantitative estimate of drug-likeness (QED) is 0.138. The van der Waals surface area contributed by atoms with E-state index >= 15 is 0 Å². The summed E-state index contributed by atoms with van der Waals surface area (Å²) >= 11 is 0. The van der Waals surface area contributed by atoms with Gasteiger partial charge in [0.2, 0.25) is 0 Å². The number of ether oxygens (including phenoxy) is 1. The van der Waals surface area contributed by atoms with Gasteiger partial charge in [-0.3, -0.25) is 14.3 Å². The second kappa shape index (κ2) is 9.59. The van der Waals surface area contributed by atoms with Crippen molar-refractivity contribution in [2.75, 3.05) is 54.1 Å². The van der Waals surface area contributed by atoms with Crippen LogP contribution in [-0.2, 0) is 23.2 Å². The zero-order valence-corrected chi connectivity index (χ0v) is 13.1. The third-order valence-electron chi connectivity index (χ3n) is 2.13. The monoisotopic (exact) mass is 314 g/mol. The van der Waals surface area contributed by atoms with Crippen LogP contribution in [0.5, 0.6) is 0 Å². The third-order valence-corrected chi connectivity index (χ3v) is 3.11. The highest BCUT2D eigenvalue weighted by molar-refractivity contribution is 7.47. The van der Waals surface area contributed by atoms with Crippen molar-refractivity contribution in [3.8, 4) is 0 Å². The van der Waals surface area contributed by atoms with Crippen LogP contribution in [0, 0.1) is 0 Å². The summed E-state index contributed by atoms with van der Waals surface area (Å²) in [6, 6.07) is 0. The molecule has 0 saturated carbocycles. The van der Waals surface area contributed by atoms with Crippen LogP contribution < -0.4 is 0 Å². The summed E-state index contributed by atoms with van der Waals surface area (Å²) < 4.78 is 26.7. The highest BCUT2D eigenvalue weighted by Gasteiger charge is 2.25. The Kier molecular flexibility index (Phi) is 9.45. The lowest BCUT2D eigenvalue weighted by atomic mass is 10.4. The molecule has 120 valence electrons. The molecule has 1 unspecified atom stereocenters. The largest absolute Gasteiger partial charge is 0.472 e. The van der Waals surface area contributed by atoms with Gasteiger partial charge in [0.15, 0.2) is 0 Å². The minimum absolute atomic E-state index is 0.00139. The Labute approximate surface area is 119 Å². The van der Waals surface area contributed by atoms with Crippen molar-refractivity contribution in [3.05, 3.63) is 12.7 Å². The highest BCUT2D eigenvalue weighted by Crippen LogP contribution is 2.43. The van der Waals surface area contributed by atoms with Gasteiger partial charge < -0.3 is 14.1 Å². The van der Waals surface area contributed by atoms with E-state index in [2.05, 4.69) is 11.5 Å². The molecule has 20 heavy (non-hydrogen) atoms. The first-order chi connectivity index (χ1) is 9.20. The van der Waals surface area contributed by atoms with Crippen LogP contribution >= 0.6 is 7.82 Å². The summed E-state index contributed by atoms with van der Waals surface area (Å²) in [7, 11) is 1.63. The number of rotatable bonds is 12. The molecule has 0 saturated heterocycles. The Morgan fingerprint density at radius 3 is 2.45 bits per heavy atom. The molecule has 8 nitrogen and oxygen atoms in total. The van der Waals surface area contributed by atoms with Crippen molar-refractivity contribution < 1.29 is 37.9 Å². The Morgan fingerprint density at radius 2 is 1.95 bits per heavy atom. The number of likely N-dealkylation sites (N-methyl/N-ethyl adjacent to an activating group) is 1. The van der Waals surface area contributed by atoms with Crippen LogP contribution in [-0.4, -0.2) is 74.9 Å². The molecule has 0 aromatic carbocycles. The maximum atomic E-state index is 11.6. The first kappa shape index (κ1) is 19.7. The van der Waals surface area contributed by atoms with Gasteiger partial charge >= 0.3 is 7.82 Å². The molecule has 2 atom stereocenters. The molecule has 0 aliphatic carbocycles. The van der Waals surface area contributed by atoms with Crippen molar-refractivity contribution in [3.63, 3.8) is 0 Å². The van der Waals surface area contributed by atoms with Crippen LogP contribution in [0.25, 0.3) is 0 Å². The third kappa shape index (κ3) is 11.5. The van der Waals surface area contributed by atoms with Crippen molar-refractivity contribution >= 4 is 7.82 Å². The number of hydrogen-bond donors (Lipinski definition) is 2. The molecule has 0 fully saturated rings. The van der Waals surface area contributed by atoms with Crippen LogP contribution in [0.4, 0.5) is 0 Å². The van der Waals surface area contributed by atoms with Gasteiger partial charge in [-0.25, -0.2) is 9.45 Å². The van der Waals surface area contributed by atoms with Gasteiger partial charge in [-0.1, -0.05) is 6.08 Å². The van der Waals surface area contributed by atoms with Gasteiger partial charge in [-0.2, -0.15) is 0 Å². The molecule has 0 bridgehead atoms. The molecule has 0 amide bonds. The van der Waals surface area contributed by atoms with Gasteiger partial charge in [-0.15, -0.1) is 6.58 Å². The Morgan fingerprint density at radius 1 is 1.30 bits per heavy atom. The lowest BCUT2D eigenvalue weighted by Gasteiger charge is -2.24. The molecule has 0 heterocycles. The van der Waals surface area contributed by atoms with Crippen molar-refractivity contribution in [2.24, 2.45) is 0 Å². The van der Waals surface area contributed by atoms with Crippen molar-refractivity contribution in [2.45, 2.75) is 6.10 Å². The topological polar surface area (TPSA) is 94.5 Å². The molecular weight excluding hydrogens is 289 g/mol. The van der Waals surface area contributed by atoms with Gasteiger partial charge in [0, 0.05) is 0 Å². The van der Waals surface area contributed by atoms with E-state index in [0.717, 1.165) is 0 Å². The fourth-order valence-electron chi connectivity index (χ4n) is 1.04. The van der Waals surface area contributed by atoms with Crippen LogP contribution in [0.1, 0.15) is 0 Å². The van der Waals surface area contributed by atoms with Gasteiger partial charge in [0.05, 0.1) is 41.0 Å². The van der Waals surface area contributed by atoms with E-state index in [9.17, 15) is 9.46 Å². The number of phosphoric acid groups is 1. The standard InChI is InChI=1S/C11H24NO7P/c1-5-7-16-9-11(19-13)10-18-20(14,15)17-8-6-12(2,3)4/h5,11H,1,6-10H2,2-4H3,(H-,13,14,15)/p+1/t11-/m1/s1. The predicted octanol–water partition coefficient (Wildman–Crippen LogP) is 0.887. The van der Waals surface area contributed by atoms with Crippen LogP contribution in [0.3, 0.4) is 0 Å². The molecule has 9 heteroatoms. The predicted molar refractivity (Wildman–Crippen MR) is 73.1 cm³/mol. The Hall–Kier alpha value is -0.310. The van der Waals surface area contributed by atoms with Crippen molar-refractivity contribution in [1.82, 2.24) is 0 Å². The Balaban J connectivity index is 3.99. The van der Waals surface area contributed by atoms with Gasteiger partial charge in [-0.05, 0) is 0 Å². The molecule has 0 aliphatic heterocycles. The van der Waals surface area contributed by atoms with E-state index in [4.69, 9.17) is 19.0 Å². The lowest BCUT2D eigenvalue weighted by Crippen LogP contribution is -2.37. The molecule has 0 radical (unpaired) electrons. The minimum Gasteiger partial charge on any atom is -0.374 e. The fourth-order valence-corrected chi connectivity index (χ4v) is 1.78. The van der Waals surface area contributed by atoms with Crippen molar-refractivity contribution in [1.29, 1.82) is 0 Å². The summed E-state index contributed by atoms with van der Waals surface area (Å²) in [5.74, 6) is 0.